The zero-order chi connectivity index (χ0) is 33.4. The van der Waals surface area contributed by atoms with Gasteiger partial charge in [-0.15, -0.1) is 0 Å². The van der Waals surface area contributed by atoms with Crippen molar-refractivity contribution < 1.29 is 21.1 Å². The van der Waals surface area contributed by atoms with E-state index in [1.54, 1.807) is 0 Å². The fourth-order valence-electron chi connectivity index (χ4n) is 5.18. The van der Waals surface area contributed by atoms with Crippen LogP contribution in [0.25, 0.3) is 0 Å². The average molecular weight is 894 g/mol. The summed E-state index contributed by atoms with van der Waals surface area (Å²) in [5.74, 6) is 2.61. The molecule has 6 aromatic carbocycles. The van der Waals surface area contributed by atoms with Gasteiger partial charge in [0.05, 0.1) is 8.07 Å². The van der Waals surface area contributed by atoms with Crippen molar-refractivity contribution in [3.8, 4) is 0 Å². The maximum atomic E-state index is 5.53. The maximum Gasteiger partial charge on any atom is 2.00 e. The minimum absolute atomic E-state index is 0. The normalized spacial score (nSPS) is 11.1. The summed E-state index contributed by atoms with van der Waals surface area (Å²) >= 11 is 5.53. The molecule has 0 aliphatic rings. The van der Waals surface area contributed by atoms with E-state index in [9.17, 15) is 0 Å². The summed E-state index contributed by atoms with van der Waals surface area (Å²) in [5.41, 5.74) is 0. The molecule has 7 heteroatoms. The smallest absolute Gasteiger partial charge is 0.743 e. The van der Waals surface area contributed by atoms with Gasteiger partial charge in [0.2, 0.25) is 0 Å². The molecule has 0 aliphatic carbocycles. The van der Waals surface area contributed by atoms with E-state index < -0.39 is 23.9 Å². The van der Waals surface area contributed by atoms with Crippen LogP contribution in [0, 0.1) is 5.90 Å². The Kier molecular flexibility index (Phi) is 16.8. The first kappa shape index (κ1) is 38.8. The molecular formula is C42H41N2P3PtS. The zero-order valence-corrected chi connectivity index (χ0v) is 33.5. The van der Waals surface area contributed by atoms with Crippen molar-refractivity contribution in [2.75, 3.05) is 13.1 Å². The van der Waals surface area contributed by atoms with Gasteiger partial charge in [-0.25, -0.2) is 0 Å². The van der Waals surface area contributed by atoms with Crippen LogP contribution in [0.3, 0.4) is 0 Å². The second-order valence-corrected chi connectivity index (χ2v) is 17.6. The first-order valence-electron chi connectivity index (χ1n) is 16.2. The van der Waals surface area contributed by atoms with Crippen LogP contribution in [0.2, 0.25) is 0 Å². The van der Waals surface area contributed by atoms with Crippen molar-refractivity contribution in [3.63, 3.8) is 0 Å². The molecule has 0 spiro atoms. The molecule has 0 bridgehead atoms. The quantitative estimate of drug-likeness (QED) is 0.0426. The monoisotopic (exact) mass is 893 g/mol. The summed E-state index contributed by atoms with van der Waals surface area (Å²) in [7, 11) is -1.73. The van der Waals surface area contributed by atoms with Crippen LogP contribution in [0.1, 0.15) is 13.8 Å². The molecule has 0 radical (unpaired) electrons. The first-order chi connectivity index (χ1) is 23.7. The van der Waals surface area contributed by atoms with Crippen LogP contribution < -0.4 is 31.8 Å². The van der Waals surface area contributed by atoms with Gasteiger partial charge in [-0.05, 0) is 19.0 Å². The molecule has 0 amide bonds. The van der Waals surface area contributed by atoms with E-state index in [0.717, 1.165) is 13.1 Å². The van der Waals surface area contributed by atoms with Crippen LogP contribution in [-0.2, 0) is 33.7 Å². The summed E-state index contributed by atoms with van der Waals surface area (Å²) in [4.78, 5) is 4.44. The van der Waals surface area contributed by atoms with E-state index in [0.29, 0.717) is 5.17 Å². The summed E-state index contributed by atoms with van der Waals surface area (Å²) < 4.78 is 2.25. The van der Waals surface area contributed by atoms with E-state index in [-0.39, 0.29) is 21.1 Å². The third kappa shape index (κ3) is 11.2. The van der Waals surface area contributed by atoms with Gasteiger partial charge in [0, 0.05) is 23.7 Å². The molecule has 250 valence electrons. The van der Waals surface area contributed by atoms with E-state index in [1.165, 1.54) is 31.8 Å². The molecule has 6 aromatic rings. The molecule has 0 aliphatic heterocycles. The fraction of sp³-hybridized carbons (Fsp3) is 0.0952. The van der Waals surface area contributed by atoms with Crippen LogP contribution in [0.4, 0.5) is 0 Å². The van der Waals surface area contributed by atoms with Crippen molar-refractivity contribution in [1.82, 2.24) is 4.67 Å². The molecule has 6 rings (SSSR count). The number of hydrogen-bond donors (Lipinski definition) is 0. The minimum atomic E-state index is -0.667. The molecule has 0 unspecified atom stereocenters. The Morgan fingerprint density at radius 3 is 1.00 bits per heavy atom. The molecule has 0 heterocycles. The van der Waals surface area contributed by atoms with Gasteiger partial charge in [-0.3, -0.25) is 10.9 Å². The van der Waals surface area contributed by atoms with Gasteiger partial charge < -0.3 is 17.3 Å². The first-order valence-corrected chi connectivity index (χ1v) is 20.7. The number of aliphatic imine (C=N–C) groups is 1. The molecule has 0 aromatic heterocycles. The Morgan fingerprint density at radius 1 is 0.490 bits per heavy atom. The standard InChI is InChI=1S/C25H21P2.C17H21N2PS.Pt/c1-5-13-22(14-6-1)26(23-15-7-2-8-16-23)21-27(24-17-9-3-10-18-24)25-19-11-4-12-20-25;1-3-18-17(21)19(4-2)20(15-11-7-5-8-12-15)16-13-9-6-10-14-16;/h1-21H;5-14H,3-4H2,1-2H3,(H,18,21);/q-1;;+2/p-1. The zero-order valence-electron chi connectivity index (χ0n) is 27.8. The number of nitrogens with zero attached hydrogens (tertiary/aromatic N) is 2. The average Bonchev–Trinajstić information content (AvgIpc) is 3.16. The Balaban J connectivity index is 0.000000224. The Bertz CT molecular complexity index is 1580. The fourth-order valence-corrected chi connectivity index (χ4v) is 13.6. The summed E-state index contributed by atoms with van der Waals surface area (Å²) in [6.45, 7) is 5.74. The number of benzene rings is 6. The van der Waals surface area contributed by atoms with E-state index in [2.05, 4.69) is 192 Å². The van der Waals surface area contributed by atoms with Crippen LogP contribution in [-0.4, -0.2) is 22.9 Å². The second kappa shape index (κ2) is 21.3. The van der Waals surface area contributed by atoms with Crippen molar-refractivity contribution in [2.24, 2.45) is 4.99 Å². The van der Waals surface area contributed by atoms with E-state index >= 15 is 0 Å². The summed E-state index contributed by atoms with van der Waals surface area (Å²) in [5, 5.41) is 8.91. The topological polar surface area (TPSA) is 15.6 Å². The molecule has 2 nitrogen and oxygen atoms in total. The summed E-state index contributed by atoms with van der Waals surface area (Å²) in [6, 6.07) is 64.8. The molecule has 49 heavy (non-hydrogen) atoms. The number of hydrogen-bond acceptors (Lipinski definition) is 2. The third-order valence-corrected chi connectivity index (χ3v) is 15.7. The number of rotatable bonds is 11. The molecule has 0 saturated heterocycles. The van der Waals surface area contributed by atoms with Gasteiger partial charge in [0.1, 0.15) is 0 Å². The van der Waals surface area contributed by atoms with Gasteiger partial charge in [-0.2, -0.15) is 15.8 Å². The van der Waals surface area contributed by atoms with Crippen molar-refractivity contribution in [2.45, 2.75) is 13.8 Å². The van der Waals surface area contributed by atoms with Gasteiger partial charge >= 0.3 is 21.1 Å². The van der Waals surface area contributed by atoms with Crippen molar-refractivity contribution in [3.05, 3.63) is 188 Å². The van der Waals surface area contributed by atoms with Crippen molar-refractivity contribution in [1.29, 1.82) is 0 Å². The van der Waals surface area contributed by atoms with Gasteiger partial charge in [-0.1, -0.05) is 203 Å². The van der Waals surface area contributed by atoms with Crippen LogP contribution in [0.15, 0.2) is 187 Å². The van der Waals surface area contributed by atoms with E-state index in [4.69, 9.17) is 12.6 Å². The molecule has 0 atom stereocenters. The minimum Gasteiger partial charge on any atom is -0.743 e. The molecule has 0 saturated carbocycles. The van der Waals surface area contributed by atoms with E-state index in [1.807, 2.05) is 19.1 Å². The molecular weight excluding hydrogens is 853 g/mol. The van der Waals surface area contributed by atoms with Crippen LogP contribution >= 0.6 is 23.9 Å². The predicted octanol–water partition coefficient (Wildman–Crippen LogP) is 8.65. The second-order valence-electron chi connectivity index (χ2n) is 10.7. The predicted molar refractivity (Wildman–Crippen MR) is 219 cm³/mol. The summed E-state index contributed by atoms with van der Waals surface area (Å²) in [6.07, 6.45) is 0. The Hall–Kier alpha value is -3.01. The Morgan fingerprint density at radius 2 is 0.755 bits per heavy atom. The largest absolute Gasteiger partial charge is 2.00 e. The molecule has 0 N–H and O–H groups in total. The maximum absolute atomic E-state index is 5.53. The van der Waals surface area contributed by atoms with Crippen LogP contribution in [0.5, 0.6) is 0 Å². The SMILES string of the molecule is CCN=C([S-])N(CC)P(c1ccccc1)c1ccccc1.[Pt+2].c1ccc(P([CH-]P(c2ccccc2)c2ccccc2)c2ccccc2)cc1. The van der Waals surface area contributed by atoms with Gasteiger partial charge in [0.25, 0.3) is 0 Å². The van der Waals surface area contributed by atoms with Gasteiger partial charge in [0.15, 0.2) is 0 Å². The number of amidine groups is 1. The third-order valence-electron chi connectivity index (χ3n) is 7.43. The Labute approximate surface area is 317 Å². The van der Waals surface area contributed by atoms with Crippen molar-refractivity contribution >= 4 is 73.5 Å². The molecule has 0 fully saturated rings.